The molecule has 0 spiro atoms. The van der Waals surface area contributed by atoms with Crippen molar-refractivity contribution in [1.82, 2.24) is 9.80 Å². The summed E-state index contributed by atoms with van der Waals surface area (Å²) in [6, 6.07) is 12.2. The summed E-state index contributed by atoms with van der Waals surface area (Å²) >= 11 is 0. The highest BCUT2D eigenvalue weighted by Gasteiger charge is 2.31. The summed E-state index contributed by atoms with van der Waals surface area (Å²) in [6.07, 6.45) is 0.239. The second-order valence-electron chi connectivity index (χ2n) is 8.31. The number of rotatable bonds is 6. The van der Waals surface area contributed by atoms with Crippen LogP contribution in [-0.2, 0) is 12.8 Å². The number of alkyl halides is 3. The van der Waals surface area contributed by atoms with Gasteiger partial charge in [-0.05, 0) is 80.7 Å². The van der Waals surface area contributed by atoms with Gasteiger partial charge in [-0.1, -0.05) is 12.1 Å². The largest absolute Gasteiger partial charge is 0.489 e. The maximum Gasteiger partial charge on any atom is 0.416 e. The first-order valence-corrected chi connectivity index (χ1v) is 10.8. The van der Waals surface area contributed by atoms with Crippen LogP contribution in [0.5, 0.6) is 5.75 Å². The molecule has 1 amide bonds. The molecule has 2 saturated heterocycles. The number of likely N-dealkylation sites (tertiary alicyclic amines) is 2. The zero-order valence-corrected chi connectivity index (χ0v) is 17.4. The highest BCUT2D eigenvalue weighted by molar-refractivity contribution is 5.94. The summed E-state index contributed by atoms with van der Waals surface area (Å²) in [7, 11) is 0. The first kappa shape index (κ1) is 21.7. The van der Waals surface area contributed by atoms with Crippen molar-refractivity contribution in [3.8, 4) is 5.75 Å². The molecule has 0 bridgehead atoms. The number of hydrogen-bond donors (Lipinski definition) is 0. The van der Waals surface area contributed by atoms with Gasteiger partial charge in [0, 0.05) is 24.7 Å². The Balaban J connectivity index is 1.32. The first-order valence-electron chi connectivity index (χ1n) is 10.8. The molecule has 2 aromatic rings. The van der Waals surface area contributed by atoms with Crippen LogP contribution in [0.15, 0.2) is 48.5 Å². The van der Waals surface area contributed by atoms with Crippen LogP contribution in [0.4, 0.5) is 13.2 Å². The lowest BCUT2D eigenvalue weighted by Gasteiger charge is -2.28. The van der Waals surface area contributed by atoms with Crippen LogP contribution >= 0.6 is 0 Å². The Morgan fingerprint density at radius 1 is 0.935 bits per heavy atom. The lowest BCUT2D eigenvalue weighted by molar-refractivity contribution is -0.137. The topological polar surface area (TPSA) is 32.8 Å². The quantitative estimate of drug-likeness (QED) is 0.645. The number of benzene rings is 2. The van der Waals surface area contributed by atoms with E-state index in [9.17, 15) is 18.0 Å². The molecule has 2 aromatic carbocycles. The van der Waals surface area contributed by atoms with Gasteiger partial charge in [0.05, 0.1) is 5.56 Å². The van der Waals surface area contributed by atoms with Crippen molar-refractivity contribution in [3.63, 3.8) is 0 Å². The van der Waals surface area contributed by atoms with Crippen LogP contribution in [0.3, 0.4) is 0 Å². The number of carbonyl (C=O) groups excluding carboxylic acids is 1. The van der Waals surface area contributed by atoms with E-state index < -0.39 is 11.7 Å². The fourth-order valence-electron chi connectivity index (χ4n) is 4.37. The standard InChI is InChI=1S/C24H27F3N2O2/c25-24(26,27)20-9-5-18(6-10-20)17-31-22-11-7-19(8-12-22)23(30)29-15-3-4-21(29)16-28-13-1-2-14-28/h5-12,21H,1-4,13-17H2/t21-/m0/s1. The van der Waals surface area contributed by atoms with Gasteiger partial charge in [-0.2, -0.15) is 13.2 Å². The second-order valence-corrected chi connectivity index (χ2v) is 8.31. The van der Waals surface area contributed by atoms with Gasteiger partial charge in [0.15, 0.2) is 0 Å². The average Bonchev–Trinajstić information content (AvgIpc) is 3.44. The minimum atomic E-state index is -4.34. The number of amides is 1. The smallest absolute Gasteiger partial charge is 0.416 e. The van der Waals surface area contributed by atoms with Crippen molar-refractivity contribution in [1.29, 1.82) is 0 Å². The highest BCUT2D eigenvalue weighted by atomic mass is 19.4. The van der Waals surface area contributed by atoms with Crippen molar-refractivity contribution in [3.05, 3.63) is 65.2 Å². The molecule has 0 radical (unpaired) electrons. The second kappa shape index (κ2) is 9.30. The Morgan fingerprint density at radius 2 is 1.61 bits per heavy atom. The molecule has 0 unspecified atom stereocenters. The van der Waals surface area contributed by atoms with Crippen LogP contribution < -0.4 is 4.74 Å². The molecule has 2 aliphatic heterocycles. The highest BCUT2D eigenvalue weighted by Crippen LogP contribution is 2.29. The van der Waals surface area contributed by atoms with E-state index in [1.165, 1.54) is 25.0 Å². The maximum atomic E-state index is 13.0. The molecule has 166 valence electrons. The van der Waals surface area contributed by atoms with Crippen LogP contribution in [0.25, 0.3) is 0 Å². The molecule has 2 aliphatic rings. The fraction of sp³-hybridized carbons (Fsp3) is 0.458. The van der Waals surface area contributed by atoms with Crippen LogP contribution in [0.1, 0.15) is 47.2 Å². The summed E-state index contributed by atoms with van der Waals surface area (Å²) in [4.78, 5) is 17.5. The lowest BCUT2D eigenvalue weighted by Crippen LogP contribution is -2.42. The molecular weight excluding hydrogens is 405 g/mol. The SMILES string of the molecule is O=C(c1ccc(OCc2ccc(C(F)(F)F)cc2)cc1)N1CCC[C@H]1CN1CCCC1. The fourth-order valence-corrected chi connectivity index (χ4v) is 4.37. The minimum absolute atomic E-state index is 0.0518. The van der Waals surface area contributed by atoms with E-state index in [0.717, 1.165) is 51.2 Å². The van der Waals surface area contributed by atoms with Gasteiger partial charge in [-0.15, -0.1) is 0 Å². The first-order chi connectivity index (χ1) is 14.9. The third-order valence-corrected chi connectivity index (χ3v) is 6.09. The maximum absolute atomic E-state index is 13.0. The minimum Gasteiger partial charge on any atom is -0.489 e. The van der Waals surface area contributed by atoms with Crippen molar-refractivity contribution in [2.45, 2.75) is 44.5 Å². The van der Waals surface area contributed by atoms with Gasteiger partial charge in [0.25, 0.3) is 5.91 Å². The third kappa shape index (κ3) is 5.39. The third-order valence-electron chi connectivity index (χ3n) is 6.09. The van der Waals surface area contributed by atoms with Gasteiger partial charge in [-0.3, -0.25) is 4.79 Å². The predicted octanol–water partition coefficient (Wildman–Crippen LogP) is 4.98. The Hall–Kier alpha value is -2.54. The Kier molecular flexibility index (Phi) is 6.51. The van der Waals surface area contributed by atoms with E-state index in [1.54, 1.807) is 24.3 Å². The van der Waals surface area contributed by atoms with E-state index in [4.69, 9.17) is 4.74 Å². The van der Waals surface area contributed by atoms with Crippen molar-refractivity contribution < 1.29 is 22.7 Å². The molecular formula is C24H27F3N2O2. The normalized spacial score (nSPS) is 19.7. The molecule has 0 N–H and O–H groups in total. The zero-order valence-electron chi connectivity index (χ0n) is 17.4. The van der Waals surface area contributed by atoms with Crippen LogP contribution in [0, 0.1) is 0 Å². The molecule has 0 aromatic heterocycles. The Morgan fingerprint density at radius 3 is 2.26 bits per heavy atom. The number of hydrogen-bond acceptors (Lipinski definition) is 3. The summed E-state index contributed by atoms with van der Waals surface area (Å²) in [5, 5.41) is 0. The van der Waals surface area contributed by atoms with Crippen molar-refractivity contribution >= 4 is 5.91 Å². The molecule has 2 fully saturated rings. The van der Waals surface area contributed by atoms with E-state index in [2.05, 4.69) is 4.90 Å². The molecule has 0 aliphatic carbocycles. The van der Waals surface area contributed by atoms with Gasteiger partial charge in [0.2, 0.25) is 0 Å². The number of ether oxygens (including phenoxy) is 1. The summed E-state index contributed by atoms with van der Waals surface area (Å²) in [5.74, 6) is 0.627. The number of nitrogens with zero attached hydrogens (tertiary/aromatic N) is 2. The van der Waals surface area contributed by atoms with Gasteiger partial charge in [0.1, 0.15) is 12.4 Å². The lowest BCUT2D eigenvalue weighted by atomic mass is 10.1. The Bertz CT molecular complexity index is 875. The molecule has 4 nitrogen and oxygen atoms in total. The Labute approximate surface area is 180 Å². The van der Waals surface area contributed by atoms with Crippen LogP contribution in [0.2, 0.25) is 0 Å². The van der Waals surface area contributed by atoms with E-state index >= 15 is 0 Å². The molecule has 2 heterocycles. The van der Waals surface area contributed by atoms with Crippen molar-refractivity contribution in [2.24, 2.45) is 0 Å². The van der Waals surface area contributed by atoms with Gasteiger partial charge >= 0.3 is 6.18 Å². The summed E-state index contributed by atoms with van der Waals surface area (Å²) in [5.41, 5.74) is 0.606. The average molecular weight is 432 g/mol. The predicted molar refractivity (Wildman–Crippen MR) is 112 cm³/mol. The zero-order chi connectivity index (χ0) is 21.8. The molecule has 1 atom stereocenters. The van der Waals surface area contributed by atoms with Crippen molar-refractivity contribution in [2.75, 3.05) is 26.2 Å². The molecule has 4 rings (SSSR count). The summed E-state index contributed by atoms with van der Waals surface area (Å²) < 4.78 is 43.6. The van der Waals surface area contributed by atoms with E-state index in [0.29, 0.717) is 16.9 Å². The van der Waals surface area contributed by atoms with Gasteiger partial charge < -0.3 is 14.5 Å². The summed E-state index contributed by atoms with van der Waals surface area (Å²) in [6.45, 7) is 4.17. The molecule has 7 heteroatoms. The number of carbonyl (C=O) groups is 1. The van der Waals surface area contributed by atoms with E-state index in [-0.39, 0.29) is 18.6 Å². The molecule has 0 saturated carbocycles. The number of halogens is 3. The van der Waals surface area contributed by atoms with Gasteiger partial charge in [-0.25, -0.2) is 0 Å². The monoisotopic (exact) mass is 432 g/mol. The molecule has 31 heavy (non-hydrogen) atoms. The van der Waals surface area contributed by atoms with Crippen LogP contribution in [-0.4, -0.2) is 47.9 Å². The van der Waals surface area contributed by atoms with E-state index in [1.807, 2.05) is 4.90 Å².